The van der Waals surface area contributed by atoms with Crippen molar-refractivity contribution in [2.45, 2.75) is 44.8 Å². The van der Waals surface area contributed by atoms with Gasteiger partial charge in [-0.05, 0) is 37.1 Å². The SMILES string of the molecule is CCN(CC(O)c1cccc(OC)c1)C1CCCC1. The maximum atomic E-state index is 10.4. The van der Waals surface area contributed by atoms with Crippen LogP contribution in [-0.4, -0.2) is 36.2 Å². The molecule has 3 nitrogen and oxygen atoms in total. The zero-order chi connectivity index (χ0) is 13.7. The van der Waals surface area contributed by atoms with Crippen molar-refractivity contribution in [3.8, 4) is 5.75 Å². The first-order valence-corrected chi connectivity index (χ1v) is 7.30. The molecule has 1 aliphatic carbocycles. The van der Waals surface area contributed by atoms with E-state index in [1.165, 1.54) is 25.7 Å². The highest BCUT2D eigenvalue weighted by Crippen LogP contribution is 2.26. The summed E-state index contributed by atoms with van der Waals surface area (Å²) in [5.74, 6) is 0.806. The third kappa shape index (κ3) is 3.71. The van der Waals surface area contributed by atoms with Crippen molar-refractivity contribution in [1.82, 2.24) is 4.90 Å². The summed E-state index contributed by atoms with van der Waals surface area (Å²) in [6.07, 6.45) is 4.78. The van der Waals surface area contributed by atoms with Crippen LogP contribution in [-0.2, 0) is 0 Å². The third-order valence-electron chi connectivity index (χ3n) is 4.13. The van der Waals surface area contributed by atoms with Crippen molar-refractivity contribution in [2.24, 2.45) is 0 Å². The molecular formula is C16H25NO2. The van der Waals surface area contributed by atoms with E-state index in [0.29, 0.717) is 12.6 Å². The first-order chi connectivity index (χ1) is 9.24. The van der Waals surface area contributed by atoms with Gasteiger partial charge in [0.15, 0.2) is 0 Å². The zero-order valence-electron chi connectivity index (χ0n) is 12.0. The molecule has 0 aliphatic heterocycles. The predicted molar refractivity (Wildman–Crippen MR) is 77.5 cm³/mol. The van der Waals surface area contributed by atoms with Gasteiger partial charge in [-0.25, -0.2) is 0 Å². The first kappa shape index (κ1) is 14.4. The highest BCUT2D eigenvalue weighted by Gasteiger charge is 2.23. The van der Waals surface area contributed by atoms with E-state index in [4.69, 9.17) is 4.74 Å². The standard InChI is InChI=1S/C16H25NO2/c1-3-17(14-8-4-5-9-14)12-16(18)13-7-6-10-15(11-13)19-2/h6-7,10-11,14,16,18H,3-5,8-9,12H2,1-2H3. The van der Waals surface area contributed by atoms with E-state index >= 15 is 0 Å². The summed E-state index contributed by atoms with van der Waals surface area (Å²) >= 11 is 0. The van der Waals surface area contributed by atoms with Crippen LogP contribution in [0.5, 0.6) is 5.75 Å². The number of aliphatic hydroxyl groups excluding tert-OH is 1. The highest BCUT2D eigenvalue weighted by atomic mass is 16.5. The molecule has 1 atom stereocenters. The van der Waals surface area contributed by atoms with Gasteiger partial charge in [-0.15, -0.1) is 0 Å². The highest BCUT2D eigenvalue weighted by molar-refractivity contribution is 5.29. The van der Waals surface area contributed by atoms with Crippen molar-refractivity contribution in [3.05, 3.63) is 29.8 Å². The number of nitrogens with zero attached hydrogens (tertiary/aromatic N) is 1. The number of hydrogen-bond acceptors (Lipinski definition) is 3. The molecule has 1 fully saturated rings. The normalized spacial score (nSPS) is 17.9. The summed E-state index contributed by atoms with van der Waals surface area (Å²) in [6, 6.07) is 8.39. The van der Waals surface area contributed by atoms with Gasteiger partial charge in [-0.3, -0.25) is 4.90 Å². The number of ether oxygens (including phenoxy) is 1. The van der Waals surface area contributed by atoms with E-state index in [1.54, 1.807) is 7.11 Å². The lowest BCUT2D eigenvalue weighted by atomic mass is 10.1. The van der Waals surface area contributed by atoms with Crippen LogP contribution in [0.25, 0.3) is 0 Å². The second-order valence-electron chi connectivity index (χ2n) is 5.32. The summed E-state index contributed by atoms with van der Waals surface area (Å²) in [5.41, 5.74) is 0.941. The lowest BCUT2D eigenvalue weighted by Gasteiger charge is -2.29. The number of aliphatic hydroxyl groups is 1. The van der Waals surface area contributed by atoms with Crippen LogP contribution in [0.3, 0.4) is 0 Å². The summed E-state index contributed by atoms with van der Waals surface area (Å²) in [6.45, 7) is 3.90. The van der Waals surface area contributed by atoms with Gasteiger partial charge in [0.1, 0.15) is 5.75 Å². The predicted octanol–water partition coefficient (Wildman–Crippen LogP) is 2.99. The van der Waals surface area contributed by atoms with Crippen molar-refractivity contribution in [2.75, 3.05) is 20.2 Å². The Morgan fingerprint density at radius 3 is 2.74 bits per heavy atom. The van der Waals surface area contributed by atoms with Crippen LogP contribution in [0.2, 0.25) is 0 Å². The lowest BCUT2D eigenvalue weighted by Crippen LogP contribution is -2.36. The van der Waals surface area contributed by atoms with Gasteiger partial charge in [-0.2, -0.15) is 0 Å². The van der Waals surface area contributed by atoms with Crippen LogP contribution in [0, 0.1) is 0 Å². The van der Waals surface area contributed by atoms with E-state index < -0.39 is 6.10 Å². The summed E-state index contributed by atoms with van der Waals surface area (Å²) in [4.78, 5) is 2.41. The number of benzene rings is 1. The smallest absolute Gasteiger partial charge is 0.119 e. The molecule has 0 saturated heterocycles. The van der Waals surface area contributed by atoms with E-state index in [2.05, 4.69) is 11.8 Å². The maximum Gasteiger partial charge on any atom is 0.119 e. The van der Waals surface area contributed by atoms with E-state index in [-0.39, 0.29) is 0 Å². The first-order valence-electron chi connectivity index (χ1n) is 7.30. The summed E-state index contributed by atoms with van der Waals surface area (Å²) in [5, 5.41) is 10.4. The van der Waals surface area contributed by atoms with Gasteiger partial charge in [0.2, 0.25) is 0 Å². The largest absolute Gasteiger partial charge is 0.497 e. The molecule has 106 valence electrons. The second kappa shape index (κ2) is 6.92. The maximum absolute atomic E-state index is 10.4. The monoisotopic (exact) mass is 263 g/mol. The fourth-order valence-corrected chi connectivity index (χ4v) is 2.98. The van der Waals surface area contributed by atoms with Gasteiger partial charge in [0, 0.05) is 12.6 Å². The molecule has 1 aliphatic rings. The number of rotatable bonds is 6. The van der Waals surface area contributed by atoms with Gasteiger partial charge in [-0.1, -0.05) is 31.9 Å². The molecule has 0 amide bonds. The van der Waals surface area contributed by atoms with Gasteiger partial charge < -0.3 is 9.84 Å². The molecule has 1 aromatic carbocycles. The Balaban J connectivity index is 1.99. The zero-order valence-corrected chi connectivity index (χ0v) is 12.0. The Bertz CT molecular complexity index is 388. The lowest BCUT2D eigenvalue weighted by molar-refractivity contribution is 0.0913. The number of likely N-dealkylation sites (N-methyl/N-ethyl adjacent to an activating group) is 1. The molecule has 1 unspecified atom stereocenters. The van der Waals surface area contributed by atoms with Crippen molar-refractivity contribution in [3.63, 3.8) is 0 Å². The Hall–Kier alpha value is -1.06. The van der Waals surface area contributed by atoms with Gasteiger partial charge >= 0.3 is 0 Å². The average Bonchev–Trinajstić information content (AvgIpc) is 2.98. The van der Waals surface area contributed by atoms with Crippen LogP contribution in [0.15, 0.2) is 24.3 Å². The number of hydrogen-bond donors (Lipinski definition) is 1. The molecular weight excluding hydrogens is 238 g/mol. The second-order valence-corrected chi connectivity index (χ2v) is 5.32. The molecule has 0 bridgehead atoms. The van der Waals surface area contributed by atoms with Crippen molar-refractivity contribution < 1.29 is 9.84 Å². The third-order valence-corrected chi connectivity index (χ3v) is 4.13. The Morgan fingerprint density at radius 1 is 1.37 bits per heavy atom. The topological polar surface area (TPSA) is 32.7 Å². The molecule has 19 heavy (non-hydrogen) atoms. The number of methoxy groups -OCH3 is 1. The molecule has 0 aromatic heterocycles. The minimum absolute atomic E-state index is 0.435. The molecule has 1 aromatic rings. The van der Waals surface area contributed by atoms with Crippen molar-refractivity contribution >= 4 is 0 Å². The van der Waals surface area contributed by atoms with E-state index in [9.17, 15) is 5.11 Å². The quantitative estimate of drug-likeness (QED) is 0.856. The van der Waals surface area contributed by atoms with Crippen LogP contribution in [0.1, 0.15) is 44.3 Å². The van der Waals surface area contributed by atoms with Crippen LogP contribution in [0.4, 0.5) is 0 Å². The minimum atomic E-state index is -0.435. The average molecular weight is 263 g/mol. The molecule has 0 radical (unpaired) electrons. The van der Waals surface area contributed by atoms with Crippen molar-refractivity contribution in [1.29, 1.82) is 0 Å². The Labute approximate surface area is 116 Å². The molecule has 3 heteroatoms. The van der Waals surface area contributed by atoms with Gasteiger partial charge in [0.25, 0.3) is 0 Å². The fraction of sp³-hybridized carbons (Fsp3) is 0.625. The van der Waals surface area contributed by atoms with Crippen LogP contribution >= 0.6 is 0 Å². The molecule has 0 heterocycles. The Morgan fingerprint density at radius 2 is 2.11 bits per heavy atom. The summed E-state index contributed by atoms with van der Waals surface area (Å²) in [7, 11) is 1.66. The Kier molecular flexibility index (Phi) is 5.23. The van der Waals surface area contributed by atoms with E-state index in [1.807, 2.05) is 24.3 Å². The summed E-state index contributed by atoms with van der Waals surface area (Å²) < 4.78 is 5.21. The molecule has 1 saturated carbocycles. The molecule has 2 rings (SSSR count). The van der Waals surface area contributed by atoms with E-state index in [0.717, 1.165) is 17.9 Å². The molecule has 0 spiro atoms. The van der Waals surface area contributed by atoms with Crippen LogP contribution < -0.4 is 4.74 Å². The minimum Gasteiger partial charge on any atom is -0.497 e. The van der Waals surface area contributed by atoms with Gasteiger partial charge in [0.05, 0.1) is 13.2 Å². The fourth-order valence-electron chi connectivity index (χ4n) is 2.98. The molecule has 1 N–H and O–H groups in total.